The number of hydrogen-bond donors (Lipinski definition) is 1. The number of nitrogens with zero attached hydrogens (tertiary/aromatic N) is 3. The third kappa shape index (κ3) is 4.66. The number of carboxylic acid groups (broad SMARTS) is 1. The maximum atomic E-state index is 11.0. The zero-order chi connectivity index (χ0) is 20.1. The Morgan fingerprint density at radius 2 is 1.97 bits per heavy atom. The highest BCUT2D eigenvalue weighted by molar-refractivity contribution is 5.79. The second-order valence-electron chi connectivity index (χ2n) is 6.96. The van der Waals surface area contributed by atoms with Crippen molar-refractivity contribution in [1.82, 2.24) is 14.3 Å². The summed E-state index contributed by atoms with van der Waals surface area (Å²) in [6.07, 6.45) is 6.25. The first-order valence-corrected chi connectivity index (χ1v) is 9.67. The lowest BCUT2D eigenvalue weighted by atomic mass is 10.1. The molecule has 0 aliphatic rings. The van der Waals surface area contributed by atoms with E-state index in [0.29, 0.717) is 19.6 Å². The second-order valence-corrected chi connectivity index (χ2v) is 6.96. The molecule has 0 aliphatic carbocycles. The third-order valence-corrected chi connectivity index (χ3v) is 4.91. The van der Waals surface area contributed by atoms with Crippen molar-refractivity contribution in [3.63, 3.8) is 0 Å². The van der Waals surface area contributed by atoms with Crippen LogP contribution in [-0.2, 0) is 24.3 Å². The number of aromatic nitrogens is 3. The van der Waals surface area contributed by atoms with Gasteiger partial charge >= 0.3 is 5.97 Å². The van der Waals surface area contributed by atoms with Gasteiger partial charge in [-0.2, -0.15) is 5.10 Å². The maximum Gasteiger partial charge on any atom is 0.303 e. The van der Waals surface area contributed by atoms with E-state index in [0.717, 1.165) is 23.4 Å². The molecule has 2 heterocycles. The highest BCUT2D eigenvalue weighted by atomic mass is 16.5. The number of carbonyl (C=O) groups is 1. The van der Waals surface area contributed by atoms with Crippen LogP contribution in [0.15, 0.2) is 73.2 Å². The Hall–Kier alpha value is -3.54. The minimum atomic E-state index is -0.810. The molecule has 0 atom stereocenters. The fourth-order valence-electron chi connectivity index (χ4n) is 3.45. The summed E-state index contributed by atoms with van der Waals surface area (Å²) in [4.78, 5) is 11.0. The van der Waals surface area contributed by atoms with Crippen molar-refractivity contribution in [1.29, 1.82) is 0 Å². The smallest absolute Gasteiger partial charge is 0.303 e. The van der Waals surface area contributed by atoms with Crippen LogP contribution in [0.2, 0.25) is 0 Å². The number of benzene rings is 2. The summed E-state index contributed by atoms with van der Waals surface area (Å²) in [6.45, 7) is 1.87. The minimum Gasteiger partial charge on any atom is -0.491 e. The van der Waals surface area contributed by atoms with E-state index in [1.165, 1.54) is 10.9 Å². The Morgan fingerprint density at radius 3 is 2.79 bits per heavy atom. The van der Waals surface area contributed by atoms with E-state index < -0.39 is 5.97 Å². The van der Waals surface area contributed by atoms with Crippen molar-refractivity contribution in [3.05, 3.63) is 84.3 Å². The maximum absolute atomic E-state index is 11.0. The van der Waals surface area contributed by atoms with Gasteiger partial charge in [-0.25, -0.2) is 0 Å². The summed E-state index contributed by atoms with van der Waals surface area (Å²) < 4.78 is 10.1. The van der Waals surface area contributed by atoms with Crippen LogP contribution in [0.3, 0.4) is 0 Å². The van der Waals surface area contributed by atoms with E-state index >= 15 is 0 Å². The van der Waals surface area contributed by atoms with Gasteiger partial charge in [0.1, 0.15) is 12.4 Å². The SMILES string of the molecule is O=C(O)CCc1ccc(Cn2cccn2)cc1OCCn1ccc2ccccc21. The fourth-order valence-corrected chi connectivity index (χ4v) is 3.45. The quantitative estimate of drug-likeness (QED) is 0.470. The lowest BCUT2D eigenvalue weighted by Gasteiger charge is -2.14. The summed E-state index contributed by atoms with van der Waals surface area (Å²) in [5, 5.41) is 14.5. The summed E-state index contributed by atoms with van der Waals surface area (Å²) >= 11 is 0. The van der Waals surface area contributed by atoms with Crippen molar-refractivity contribution in [2.45, 2.75) is 25.9 Å². The van der Waals surface area contributed by atoms with Gasteiger partial charge in [0.2, 0.25) is 0 Å². The molecule has 0 spiro atoms. The molecule has 0 amide bonds. The van der Waals surface area contributed by atoms with Crippen molar-refractivity contribution in [2.24, 2.45) is 0 Å². The topological polar surface area (TPSA) is 69.3 Å². The Kier molecular flexibility index (Phi) is 5.61. The predicted octanol–water partition coefficient (Wildman–Crippen LogP) is 3.98. The molecule has 148 valence electrons. The molecule has 0 bridgehead atoms. The van der Waals surface area contributed by atoms with Gasteiger partial charge in [-0.15, -0.1) is 0 Å². The van der Waals surface area contributed by atoms with Crippen LogP contribution in [0.4, 0.5) is 0 Å². The van der Waals surface area contributed by atoms with Crippen LogP contribution in [-0.4, -0.2) is 32.0 Å². The fraction of sp³-hybridized carbons (Fsp3) is 0.217. The molecule has 0 saturated carbocycles. The first kappa shape index (κ1) is 18.8. The molecule has 4 aromatic rings. The number of hydrogen-bond acceptors (Lipinski definition) is 3. The lowest BCUT2D eigenvalue weighted by Crippen LogP contribution is -2.09. The molecular formula is C23H23N3O3. The molecule has 0 saturated heterocycles. The molecule has 0 fully saturated rings. The van der Waals surface area contributed by atoms with Crippen LogP contribution in [0.25, 0.3) is 10.9 Å². The number of para-hydroxylation sites is 1. The molecule has 1 N–H and O–H groups in total. The van der Waals surface area contributed by atoms with Crippen molar-refractivity contribution in [2.75, 3.05) is 6.61 Å². The highest BCUT2D eigenvalue weighted by Gasteiger charge is 2.09. The number of rotatable bonds is 9. The number of fused-ring (bicyclic) bond motifs is 1. The largest absolute Gasteiger partial charge is 0.491 e. The highest BCUT2D eigenvalue weighted by Crippen LogP contribution is 2.23. The molecule has 4 rings (SSSR count). The second kappa shape index (κ2) is 8.65. The van der Waals surface area contributed by atoms with Crippen LogP contribution >= 0.6 is 0 Å². The van der Waals surface area contributed by atoms with E-state index in [9.17, 15) is 4.79 Å². The summed E-state index contributed by atoms with van der Waals surface area (Å²) in [7, 11) is 0. The van der Waals surface area contributed by atoms with E-state index in [-0.39, 0.29) is 6.42 Å². The van der Waals surface area contributed by atoms with E-state index in [1.807, 2.05) is 47.3 Å². The molecule has 6 nitrogen and oxygen atoms in total. The first-order valence-electron chi connectivity index (χ1n) is 9.67. The number of carboxylic acids is 1. The van der Waals surface area contributed by atoms with Gasteiger partial charge < -0.3 is 14.4 Å². The molecule has 6 heteroatoms. The van der Waals surface area contributed by atoms with Crippen molar-refractivity contribution in [3.8, 4) is 5.75 Å². The molecule has 2 aromatic heterocycles. The van der Waals surface area contributed by atoms with Crippen LogP contribution in [0, 0.1) is 0 Å². The Bertz CT molecular complexity index is 1100. The minimum absolute atomic E-state index is 0.0805. The number of ether oxygens (including phenoxy) is 1. The average molecular weight is 389 g/mol. The lowest BCUT2D eigenvalue weighted by molar-refractivity contribution is -0.136. The average Bonchev–Trinajstić information content (AvgIpc) is 3.37. The van der Waals surface area contributed by atoms with Gasteiger partial charge in [-0.1, -0.05) is 30.3 Å². The van der Waals surface area contributed by atoms with Crippen LogP contribution in [0.1, 0.15) is 17.5 Å². The van der Waals surface area contributed by atoms with Gasteiger partial charge in [-0.3, -0.25) is 9.48 Å². The normalized spacial score (nSPS) is 11.0. The van der Waals surface area contributed by atoms with Crippen LogP contribution < -0.4 is 4.74 Å². The molecule has 2 aromatic carbocycles. The molecule has 0 aliphatic heterocycles. The number of aliphatic carboxylic acids is 1. The predicted molar refractivity (Wildman–Crippen MR) is 111 cm³/mol. The monoisotopic (exact) mass is 389 g/mol. The van der Waals surface area contributed by atoms with Gasteiger partial charge in [0.05, 0.1) is 13.1 Å². The first-order chi connectivity index (χ1) is 14.2. The number of aryl methyl sites for hydroxylation is 1. The summed E-state index contributed by atoms with van der Waals surface area (Å²) in [6, 6.07) is 18.2. The van der Waals surface area contributed by atoms with E-state index in [2.05, 4.69) is 34.1 Å². The van der Waals surface area contributed by atoms with Gasteiger partial charge in [-0.05, 0) is 47.2 Å². The van der Waals surface area contributed by atoms with Gasteiger partial charge in [0.15, 0.2) is 0 Å². The standard InChI is InChI=1S/C23H23N3O3/c27-23(28)9-8-20-7-6-18(17-26-12-3-11-24-26)16-22(20)29-15-14-25-13-10-19-4-1-2-5-21(19)25/h1-7,10-13,16H,8-9,14-15,17H2,(H,27,28). The van der Waals surface area contributed by atoms with Gasteiger partial charge in [0.25, 0.3) is 0 Å². The molecule has 29 heavy (non-hydrogen) atoms. The Morgan fingerprint density at radius 1 is 1.07 bits per heavy atom. The van der Waals surface area contributed by atoms with Gasteiger partial charge in [0, 0.05) is 30.5 Å². The Labute approximate surface area is 169 Å². The van der Waals surface area contributed by atoms with E-state index in [1.54, 1.807) is 6.20 Å². The van der Waals surface area contributed by atoms with E-state index in [4.69, 9.17) is 9.84 Å². The summed E-state index contributed by atoms with van der Waals surface area (Å²) in [5.74, 6) is -0.0669. The third-order valence-electron chi connectivity index (χ3n) is 4.91. The van der Waals surface area contributed by atoms with Crippen LogP contribution in [0.5, 0.6) is 5.75 Å². The zero-order valence-corrected chi connectivity index (χ0v) is 16.1. The summed E-state index contributed by atoms with van der Waals surface area (Å²) in [5.41, 5.74) is 3.15. The molecular weight excluding hydrogens is 366 g/mol. The molecule has 0 unspecified atom stereocenters. The van der Waals surface area contributed by atoms with Crippen molar-refractivity contribution >= 4 is 16.9 Å². The van der Waals surface area contributed by atoms with Crippen molar-refractivity contribution < 1.29 is 14.6 Å². The zero-order valence-electron chi connectivity index (χ0n) is 16.1. The Balaban J connectivity index is 1.48. The molecule has 0 radical (unpaired) electrons.